The van der Waals surface area contributed by atoms with Gasteiger partial charge in [-0.3, -0.25) is 0 Å². The number of carbonyl (C=O) groups is 1. The van der Waals surface area contributed by atoms with E-state index in [1.165, 1.54) is 17.4 Å². The van der Waals surface area contributed by atoms with Crippen molar-refractivity contribution in [3.8, 4) is 5.75 Å². The number of hydrogen-bond donors (Lipinski definition) is 1. The Morgan fingerprint density at radius 3 is 2.88 bits per heavy atom. The van der Waals surface area contributed by atoms with Gasteiger partial charge in [-0.05, 0) is 19.1 Å². The maximum atomic E-state index is 11.0. The van der Waals surface area contributed by atoms with Gasteiger partial charge in [-0.25, -0.2) is 9.78 Å². The van der Waals surface area contributed by atoms with Gasteiger partial charge >= 0.3 is 5.97 Å². The fraction of sp³-hybridized carbons (Fsp3) is 0.167. The number of aryl methyl sites for hydroxylation is 1. The molecule has 0 aliphatic carbocycles. The van der Waals surface area contributed by atoms with Crippen molar-refractivity contribution in [2.75, 3.05) is 0 Å². The summed E-state index contributed by atoms with van der Waals surface area (Å²) in [4.78, 5) is 16.1. The second-order valence-electron chi connectivity index (χ2n) is 3.45. The Kier molecular flexibility index (Phi) is 3.39. The van der Waals surface area contributed by atoms with Crippen LogP contribution in [0.25, 0.3) is 0 Å². The van der Waals surface area contributed by atoms with E-state index in [2.05, 4.69) is 4.98 Å². The van der Waals surface area contributed by atoms with Crippen LogP contribution in [-0.4, -0.2) is 16.1 Å². The maximum absolute atomic E-state index is 11.0. The van der Waals surface area contributed by atoms with Crippen LogP contribution in [0.15, 0.2) is 29.8 Å². The molecule has 0 unspecified atom stereocenters. The Morgan fingerprint density at radius 1 is 1.47 bits per heavy atom. The molecule has 0 amide bonds. The van der Waals surface area contributed by atoms with Crippen LogP contribution in [-0.2, 0) is 6.61 Å². The predicted molar refractivity (Wildman–Crippen MR) is 64.6 cm³/mol. The summed E-state index contributed by atoms with van der Waals surface area (Å²) < 4.78 is 5.51. The van der Waals surface area contributed by atoms with Crippen LogP contribution < -0.4 is 4.74 Å². The first-order valence-electron chi connectivity index (χ1n) is 5.02. The molecule has 1 aromatic carbocycles. The van der Waals surface area contributed by atoms with Crippen molar-refractivity contribution in [3.63, 3.8) is 0 Å². The molecule has 2 rings (SSSR count). The van der Waals surface area contributed by atoms with Crippen molar-refractivity contribution in [2.24, 2.45) is 0 Å². The van der Waals surface area contributed by atoms with Gasteiger partial charge < -0.3 is 9.84 Å². The minimum absolute atomic E-state index is 0.176. The molecule has 4 nitrogen and oxygen atoms in total. The highest BCUT2D eigenvalue weighted by Gasteiger charge is 2.11. The topological polar surface area (TPSA) is 59.4 Å². The molecule has 5 heteroatoms. The van der Waals surface area contributed by atoms with E-state index in [9.17, 15) is 4.79 Å². The van der Waals surface area contributed by atoms with Gasteiger partial charge in [0.2, 0.25) is 0 Å². The molecule has 0 saturated carbocycles. The second kappa shape index (κ2) is 4.97. The lowest BCUT2D eigenvalue weighted by Gasteiger charge is -2.07. The summed E-state index contributed by atoms with van der Waals surface area (Å²) in [7, 11) is 0. The van der Waals surface area contributed by atoms with Gasteiger partial charge in [0.25, 0.3) is 0 Å². The number of carboxylic acids is 1. The number of para-hydroxylation sites is 1. The van der Waals surface area contributed by atoms with Gasteiger partial charge in [-0.2, -0.15) is 0 Å². The highest BCUT2D eigenvalue weighted by Crippen LogP contribution is 2.21. The highest BCUT2D eigenvalue weighted by molar-refractivity contribution is 7.09. The monoisotopic (exact) mass is 249 g/mol. The van der Waals surface area contributed by atoms with Crippen LogP contribution in [0, 0.1) is 6.92 Å². The number of aromatic carboxylic acids is 1. The van der Waals surface area contributed by atoms with Crippen molar-refractivity contribution in [3.05, 3.63) is 45.9 Å². The summed E-state index contributed by atoms with van der Waals surface area (Å²) in [6.45, 7) is 2.25. The Labute approximate surface area is 103 Å². The Bertz CT molecular complexity index is 536. The molecule has 1 N–H and O–H groups in total. The number of hydrogen-bond acceptors (Lipinski definition) is 4. The van der Waals surface area contributed by atoms with E-state index >= 15 is 0 Å². The second-order valence-corrected chi connectivity index (χ2v) is 4.39. The van der Waals surface area contributed by atoms with Crippen molar-refractivity contribution in [2.45, 2.75) is 13.5 Å². The SMILES string of the molecule is Cc1ncsc1COc1ccccc1C(=O)O. The van der Waals surface area contributed by atoms with Gasteiger partial charge in [0.15, 0.2) is 0 Å². The number of aromatic nitrogens is 1. The molecule has 2 aromatic rings. The number of carboxylic acid groups (broad SMARTS) is 1. The summed E-state index contributed by atoms with van der Waals surface area (Å²) in [6.07, 6.45) is 0. The quantitative estimate of drug-likeness (QED) is 0.905. The van der Waals surface area contributed by atoms with E-state index in [0.29, 0.717) is 12.4 Å². The number of rotatable bonds is 4. The molecule has 0 saturated heterocycles. The smallest absolute Gasteiger partial charge is 0.339 e. The first-order chi connectivity index (χ1) is 8.18. The van der Waals surface area contributed by atoms with Crippen LogP contribution in [0.4, 0.5) is 0 Å². The predicted octanol–water partition coefficient (Wildman–Crippen LogP) is 2.73. The zero-order valence-electron chi connectivity index (χ0n) is 9.21. The lowest BCUT2D eigenvalue weighted by molar-refractivity contribution is 0.0692. The molecule has 0 radical (unpaired) electrons. The van der Waals surface area contributed by atoms with Crippen molar-refractivity contribution in [1.29, 1.82) is 0 Å². The van der Waals surface area contributed by atoms with Crippen LogP contribution in [0.2, 0.25) is 0 Å². The number of thiazole rings is 1. The minimum atomic E-state index is -0.985. The van der Waals surface area contributed by atoms with Gasteiger partial charge in [0, 0.05) is 0 Å². The Morgan fingerprint density at radius 2 is 2.24 bits per heavy atom. The van der Waals surface area contributed by atoms with E-state index in [1.54, 1.807) is 23.7 Å². The molecular weight excluding hydrogens is 238 g/mol. The van der Waals surface area contributed by atoms with E-state index in [1.807, 2.05) is 6.92 Å². The average molecular weight is 249 g/mol. The third-order valence-electron chi connectivity index (χ3n) is 2.32. The molecule has 17 heavy (non-hydrogen) atoms. The molecule has 0 atom stereocenters. The van der Waals surface area contributed by atoms with E-state index in [0.717, 1.165) is 10.6 Å². The largest absolute Gasteiger partial charge is 0.487 e. The van der Waals surface area contributed by atoms with Crippen LogP contribution >= 0.6 is 11.3 Å². The number of nitrogens with zero attached hydrogens (tertiary/aromatic N) is 1. The summed E-state index contributed by atoms with van der Waals surface area (Å²) in [5.41, 5.74) is 2.84. The highest BCUT2D eigenvalue weighted by atomic mass is 32.1. The molecule has 0 fully saturated rings. The van der Waals surface area contributed by atoms with Crippen LogP contribution in [0.1, 0.15) is 20.9 Å². The summed E-state index contributed by atoms with van der Waals surface area (Å²) in [6, 6.07) is 6.60. The number of benzene rings is 1. The molecule has 0 aliphatic rings. The summed E-state index contributed by atoms with van der Waals surface area (Å²) in [5, 5.41) is 8.99. The maximum Gasteiger partial charge on any atom is 0.339 e. The fourth-order valence-corrected chi connectivity index (χ4v) is 2.07. The van der Waals surface area contributed by atoms with E-state index < -0.39 is 5.97 Å². The third-order valence-corrected chi connectivity index (χ3v) is 3.23. The first-order valence-corrected chi connectivity index (χ1v) is 5.90. The van der Waals surface area contributed by atoms with Gasteiger partial charge in [-0.15, -0.1) is 11.3 Å². The zero-order valence-corrected chi connectivity index (χ0v) is 10.0. The van der Waals surface area contributed by atoms with Crippen LogP contribution in [0.3, 0.4) is 0 Å². The fourth-order valence-electron chi connectivity index (χ4n) is 1.38. The van der Waals surface area contributed by atoms with Crippen LogP contribution in [0.5, 0.6) is 5.75 Å². The first kappa shape index (κ1) is 11.6. The van der Waals surface area contributed by atoms with Gasteiger partial charge in [0.05, 0.1) is 16.1 Å². The molecule has 88 valence electrons. The van der Waals surface area contributed by atoms with E-state index in [-0.39, 0.29) is 5.56 Å². The van der Waals surface area contributed by atoms with Gasteiger partial charge in [0.1, 0.15) is 17.9 Å². The average Bonchev–Trinajstić information content (AvgIpc) is 2.72. The van der Waals surface area contributed by atoms with E-state index in [4.69, 9.17) is 9.84 Å². The summed E-state index contributed by atoms with van der Waals surface area (Å²) >= 11 is 1.50. The third kappa shape index (κ3) is 2.62. The zero-order chi connectivity index (χ0) is 12.3. The molecule has 0 spiro atoms. The standard InChI is InChI=1S/C12H11NO3S/c1-8-11(17-7-13-8)6-16-10-5-3-2-4-9(10)12(14)15/h2-5,7H,6H2,1H3,(H,14,15). The minimum Gasteiger partial charge on any atom is -0.487 e. The molecule has 1 aromatic heterocycles. The van der Waals surface area contributed by atoms with Crippen molar-refractivity contribution in [1.82, 2.24) is 4.98 Å². The Hall–Kier alpha value is -1.88. The van der Waals surface area contributed by atoms with Crippen molar-refractivity contribution < 1.29 is 14.6 Å². The molecule has 1 heterocycles. The molecule has 0 bridgehead atoms. The molecule has 0 aliphatic heterocycles. The Balaban J connectivity index is 2.14. The number of ether oxygens (including phenoxy) is 1. The normalized spacial score (nSPS) is 10.2. The summed E-state index contributed by atoms with van der Waals surface area (Å²) in [5.74, 6) is -0.602. The van der Waals surface area contributed by atoms with Gasteiger partial charge in [-0.1, -0.05) is 12.1 Å². The lowest BCUT2D eigenvalue weighted by atomic mass is 10.2. The van der Waals surface area contributed by atoms with Crippen molar-refractivity contribution >= 4 is 17.3 Å². The molecular formula is C12H11NO3S. The lowest BCUT2D eigenvalue weighted by Crippen LogP contribution is -2.03.